The Hall–Kier alpha value is -1.23. The molecule has 1 aromatic carbocycles. The Kier molecular flexibility index (Phi) is 3.17. The van der Waals surface area contributed by atoms with Crippen LogP contribution in [0.3, 0.4) is 0 Å². The van der Waals surface area contributed by atoms with E-state index < -0.39 is 11.6 Å². The van der Waals surface area contributed by atoms with E-state index in [4.69, 9.17) is 0 Å². The molecule has 0 saturated carbocycles. The fourth-order valence-corrected chi connectivity index (χ4v) is 3.20. The Morgan fingerprint density at radius 2 is 1.84 bits per heavy atom. The minimum absolute atomic E-state index is 0.0391. The molecule has 0 aliphatic heterocycles. The summed E-state index contributed by atoms with van der Waals surface area (Å²) in [5.41, 5.74) is 1.32. The minimum atomic E-state index is -0.746. The smallest absolute Gasteiger partial charge is 0.194 e. The second kappa shape index (κ2) is 4.71. The van der Waals surface area contributed by atoms with E-state index in [0.717, 1.165) is 37.4 Å². The number of nitrogens with one attached hydrogen (secondary N) is 1. The number of pyridine rings is 1. The first-order valence-electron chi connectivity index (χ1n) is 6.31. The number of hydrogen-bond donors (Lipinski definition) is 1. The van der Waals surface area contributed by atoms with Crippen molar-refractivity contribution in [3.8, 4) is 0 Å². The summed E-state index contributed by atoms with van der Waals surface area (Å²) in [4.78, 5) is 15.5. The molecule has 0 saturated heterocycles. The number of benzene rings is 1. The third kappa shape index (κ3) is 2.00. The van der Waals surface area contributed by atoms with Gasteiger partial charge in [-0.05, 0) is 41.6 Å². The second-order valence-corrected chi connectivity index (χ2v) is 5.67. The molecule has 0 unspecified atom stereocenters. The maximum atomic E-state index is 13.8. The number of aryl methyl sites for hydroxylation is 1. The Morgan fingerprint density at radius 1 is 1.11 bits per heavy atom. The highest BCUT2D eigenvalue weighted by Gasteiger charge is 2.20. The van der Waals surface area contributed by atoms with Gasteiger partial charge in [-0.25, -0.2) is 8.78 Å². The summed E-state index contributed by atoms with van der Waals surface area (Å²) >= 11 is 3.05. The lowest BCUT2D eigenvalue weighted by molar-refractivity contribution is 0.585. The van der Waals surface area contributed by atoms with Crippen LogP contribution in [0.25, 0.3) is 10.9 Å². The Morgan fingerprint density at radius 3 is 2.63 bits per heavy atom. The standard InChI is InChI=1S/C14H12BrF2NO/c15-12-8(16)6-9(17)13-11(12)14(19)7-4-2-1-3-5-10(7)18-13/h6H,1-5H2,(H,18,19). The van der Waals surface area contributed by atoms with Crippen LogP contribution in [0.1, 0.15) is 30.5 Å². The van der Waals surface area contributed by atoms with Crippen molar-refractivity contribution in [2.24, 2.45) is 0 Å². The summed E-state index contributed by atoms with van der Waals surface area (Å²) in [6.45, 7) is 0. The highest BCUT2D eigenvalue weighted by molar-refractivity contribution is 9.10. The van der Waals surface area contributed by atoms with Crippen molar-refractivity contribution in [3.05, 3.63) is 43.7 Å². The van der Waals surface area contributed by atoms with Crippen molar-refractivity contribution in [1.29, 1.82) is 0 Å². The average molecular weight is 328 g/mol. The number of fused-ring (bicyclic) bond motifs is 2. The molecule has 2 nitrogen and oxygen atoms in total. The van der Waals surface area contributed by atoms with Crippen LogP contribution in [0.4, 0.5) is 8.78 Å². The number of H-pyrrole nitrogens is 1. The molecule has 0 amide bonds. The SMILES string of the molecule is O=c1c2c([nH]c3c(F)cc(F)c(Br)c13)CCCCC2. The lowest BCUT2D eigenvalue weighted by atomic mass is 10.0. The van der Waals surface area contributed by atoms with E-state index in [1.54, 1.807) is 0 Å². The van der Waals surface area contributed by atoms with Crippen molar-refractivity contribution < 1.29 is 8.78 Å². The van der Waals surface area contributed by atoms with Crippen LogP contribution in [-0.2, 0) is 12.8 Å². The predicted molar refractivity (Wildman–Crippen MR) is 73.4 cm³/mol. The highest BCUT2D eigenvalue weighted by Crippen LogP contribution is 2.28. The van der Waals surface area contributed by atoms with Crippen molar-refractivity contribution in [2.75, 3.05) is 0 Å². The lowest BCUT2D eigenvalue weighted by Gasteiger charge is -2.10. The molecule has 19 heavy (non-hydrogen) atoms. The lowest BCUT2D eigenvalue weighted by Crippen LogP contribution is -2.15. The van der Waals surface area contributed by atoms with E-state index in [9.17, 15) is 13.6 Å². The van der Waals surface area contributed by atoms with Crippen LogP contribution in [0, 0.1) is 11.6 Å². The van der Waals surface area contributed by atoms with Crippen molar-refractivity contribution in [2.45, 2.75) is 32.1 Å². The molecule has 1 aromatic heterocycles. The largest absolute Gasteiger partial charge is 0.356 e. The van der Waals surface area contributed by atoms with Gasteiger partial charge in [-0.1, -0.05) is 6.42 Å². The topological polar surface area (TPSA) is 32.9 Å². The van der Waals surface area contributed by atoms with Crippen LogP contribution in [0.5, 0.6) is 0 Å². The van der Waals surface area contributed by atoms with Crippen LogP contribution in [-0.4, -0.2) is 4.98 Å². The van der Waals surface area contributed by atoms with Crippen molar-refractivity contribution in [3.63, 3.8) is 0 Å². The normalized spacial score (nSPS) is 15.3. The van der Waals surface area contributed by atoms with Crippen LogP contribution >= 0.6 is 15.9 Å². The zero-order valence-electron chi connectivity index (χ0n) is 10.2. The number of halogens is 3. The molecule has 100 valence electrons. The van der Waals surface area contributed by atoms with Gasteiger partial charge in [0.05, 0.1) is 15.4 Å². The molecule has 1 N–H and O–H groups in total. The fourth-order valence-electron chi connectivity index (χ4n) is 2.70. The molecule has 0 radical (unpaired) electrons. The highest BCUT2D eigenvalue weighted by atomic mass is 79.9. The van der Waals surface area contributed by atoms with Gasteiger partial charge in [0, 0.05) is 17.3 Å². The number of hydrogen-bond acceptors (Lipinski definition) is 1. The minimum Gasteiger partial charge on any atom is -0.356 e. The number of aromatic nitrogens is 1. The average Bonchev–Trinajstić information content (AvgIpc) is 2.61. The molecule has 3 rings (SSSR count). The summed E-state index contributed by atoms with van der Waals surface area (Å²) in [6.07, 6.45) is 4.39. The summed E-state index contributed by atoms with van der Waals surface area (Å²) in [5.74, 6) is -1.47. The van der Waals surface area contributed by atoms with E-state index in [-0.39, 0.29) is 20.8 Å². The first-order chi connectivity index (χ1) is 9.09. The molecule has 0 atom stereocenters. The van der Waals surface area contributed by atoms with Crippen molar-refractivity contribution in [1.82, 2.24) is 4.98 Å². The molecule has 1 aliphatic carbocycles. The van der Waals surface area contributed by atoms with Crippen LogP contribution in [0.2, 0.25) is 0 Å². The maximum absolute atomic E-state index is 13.8. The van der Waals surface area contributed by atoms with E-state index in [1.807, 2.05) is 0 Å². The van der Waals surface area contributed by atoms with E-state index in [1.165, 1.54) is 0 Å². The monoisotopic (exact) mass is 327 g/mol. The Bertz CT molecular complexity index is 724. The molecule has 0 spiro atoms. The van der Waals surface area contributed by atoms with E-state index in [2.05, 4.69) is 20.9 Å². The second-order valence-electron chi connectivity index (χ2n) is 4.88. The third-order valence-electron chi connectivity index (χ3n) is 3.67. The summed E-state index contributed by atoms with van der Waals surface area (Å²) < 4.78 is 27.4. The van der Waals surface area contributed by atoms with Gasteiger partial charge in [0.15, 0.2) is 5.43 Å². The van der Waals surface area contributed by atoms with Gasteiger partial charge in [0.1, 0.15) is 11.6 Å². The Labute approximate surface area is 117 Å². The molecule has 2 aromatic rings. The van der Waals surface area contributed by atoms with Gasteiger partial charge in [0.25, 0.3) is 0 Å². The third-order valence-corrected chi connectivity index (χ3v) is 4.44. The number of aromatic amines is 1. The molecule has 5 heteroatoms. The van der Waals surface area contributed by atoms with Crippen LogP contribution < -0.4 is 5.43 Å². The summed E-state index contributed by atoms with van der Waals surface area (Å²) in [7, 11) is 0. The van der Waals surface area contributed by atoms with Gasteiger partial charge in [-0.3, -0.25) is 4.79 Å². The molecule has 0 fully saturated rings. The summed E-state index contributed by atoms with van der Waals surface area (Å²) in [6, 6.07) is 0.797. The van der Waals surface area contributed by atoms with Crippen LogP contribution in [0.15, 0.2) is 15.3 Å². The first-order valence-corrected chi connectivity index (χ1v) is 7.10. The van der Waals surface area contributed by atoms with Gasteiger partial charge in [-0.2, -0.15) is 0 Å². The van der Waals surface area contributed by atoms with Gasteiger partial charge in [-0.15, -0.1) is 0 Å². The van der Waals surface area contributed by atoms with E-state index in [0.29, 0.717) is 12.0 Å². The molecular weight excluding hydrogens is 316 g/mol. The summed E-state index contributed by atoms with van der Waals surface area (Å²) in [5, 5.41) is 0.0816. The Balaban J connectivity index is 2.44. The van der Waals surface area contributed by atoms with Gasteiger partial charge < -0.3 is 4.98 Å². The molecular formula is C14H12BrF2NO. The maximum Gasteiger partial charge on any atom is 0.194 e. The zero-order chi connectivity index (χ0) is 13.6. The van der Waals surface area contributed by atoms with Gasteiger partial charge in [0.2, 0.25) is 0 Å². The number of rotatable bonds is 0. The fraction of sp³-hybridized carbons (Fsp3) is 0.357. The predicted octanol–water partition coefficient (Wildman–Crippen LogP) is 3.84. The molecule has 1 heterocycles. The quantitative estimate of drug-likeness (QED) is 0.578. The zero-order valence-corrected chi connectivity index (χ0v) is 11.7. The van der Waals surface area contributed by atoms with Gasteiger partial charge >= 0.3 is 0 Å². The van der Waals surface area contributed by atoms with E-state index >= 15 is 0 Å². The molecule has 1 aliphatic rings. The van der Waals surface area contributed by atoms with Crippen molar-refractivity contribution >= 4 is 26.8 Å². The molecule has 0 bridgehead atoms. The first kappa shape index (κ1) is 12.8.